The maximum Gasteiger partial charge on any atom is 0.324 e. The van der Waals surface area contributed by atoms with E-state index in [1.165, 1.54) is 45.4 Å². The topological polar surface area (TPSA) is 132 Å². The highest BCUT2D eigenvalue weighted by atomic mass is 32.2. The number of benzene rings is 1. The van der Waals surface area contributed by atoms with E-state index in [4.69, 9.17) is 9.47 Å². The number of nitrogens with one attached hydrogen (secondary N) is 2. The van der Waals surface area contributed by atoms with Gasteiger partial charge >= 0.3 is 12.0 Å². The number of hydrogen-bond donors (Lipinski definition) is 2. The lowest BCUT2D eigenvalue weighted by molar-refractivity contribution is -0.114. The van der Waals surface area contributed by atoms with Crippen LogP contribution in [0.15, 0.2) is 29.2 Å². The van der Waals surface area contributed by atoms with Gasteiger partial charge in [-0.1, -0.05) is 0 Å². The van der Waals surface area contributed by atoms with Crippen molar-refractivity contribution in [1.29, 1.82) is 0 Å². The molecule has 0 atom stereocenters. The normalized spacial score (nSPS) is 10.8. The summed E-state index contributed by atoms with van der Waals surface area (Å²) in [5.41, 5.74) is 0.477. The van der Waals surface area contributed by atoms with Crippen molar-refractivity contribution in [3.63, 3.8) is 0 Å². The van der Waals surface area contributed by atoms with E-state index < -0.39 is 10.0 Å². The average Bonchev–Trinajstić information content (AvgIpc) is 2.54. The van der Waals surface area contributed by atoms with Crippen LogP contribution >= 0.6 is 0 Å². The number of carbonyl (C=O) groups is 1. The van der Waals surface area contributed by atoms with E-state index in [9.17, 15) is 13.2 Å². The smallest absolute Gasteiger partial charge is 0.324 e. The van der Waals surface area contributed by atoms with E-state index in [1.54, 1.807) is 0 Å². The van der Waals surface area contributed by atoms with Crippen LogP contribution in [0.4, 0.5) is 11.6 Å². The largest absolute Gasteiger partial charge is 0.467 e. The predicted octanol–water partition coefficient (Wildman–Crippen LogP) is 0.648. The molecule has 0 fully saturated rings. The zero-order valence-corrected chi connectivity index (χ0v) is 13.9. The number of methoxy groups -OCH3 is 2. The quantitative estimate of drug-likeness (QED) is 0.773. The molecule has 1 aromatic heterocycles. The first kappa shape index (κ1) is 17.4. The molecule has 1 heterocycles. The highest BCUT2D eigenvalue weighted by Crippen LogP contribution is 2.18. The van der Waals surface area contributed by atoms with Crippen LogP contribution in [0.2, 0.25) is 0 Å². The molecule has 0 radical (unpaired) electrons. The molecule has 24 heavy (non-hydrogen) atoms. The SMILES string of the molecule is COc1nc(NS(=O)(=O)c2ccc(NC(C)=O)cc2)nc(OC)n1. The lowest BCUT2D eigenvalue weighted by Gasteiger charge is -2.09. The van der Waals surface area contributed by atoms with Crippen molar-refractivity contribution in [2.24, 2.45) is 0 Å². The maximum atomic E-state index is 12.4. The van der Waals surface area contributed by atoms with Crippen molar-refractivity contribution in [2.45, 2.75) is 11.8 Å². The summed E-state index contributed by atoms with van der Waals surface area (Å²) in [5, 5.41) is 2.54. The number of hydrogen-bond acceptors (Lipinski definition) is 8. The van der Waals surface area contributed by atoms with Gasteiger partial charge in [0.05, 0.1) is 19.1 Å². The minimum Gasteiger partial charge on any atom is -0.467 e. The molecule has 10 nitrogen and oxygen atoms in total. The van der Waals surface area contributed by atoms with E-state index in [2.05, 4.69) is 25.0 Å². The molecule has 128 valence electrons. The Bertz CT molecular complexity index is 816. The Kier molecular flexibility index (Phi) is 5.14. The Hall–Kier alpha value is -2.95. The fraction of sp³-hybridized carbons (Fsp3) is 0.231. The Morgan fingerprint density at radius 2 is 1.54 bits per heavy atom. The number of sulfonamides is 1. The number of ether oxygens (including phenoxy) is 2. The van der Waals surface area contributed by atoms with Crippen LogP contribution < -0.4 is 19.5 Å². The average molecular weight is 353 g/mol. The summed E-state index contributed by atoms with van der Waals surface area (Å²) < 4.78 is 36.6. The number of rotatable bonds is 6. The standard InChI is InChI=1S/C13H15N5O5S/c1-8(19)14-9-4-6-10(7-5-9)24(20,21)18-11-15-12(22-2)17-13(16-11)23-3/h4-7H,1-3H3,(H,14,19)(H,15,16,17,18). The van der Waals surface area contributed by atoms with Gasteiger partial charge in [0.25, 0.3) is 10.0 Å². The van der Waals surface area contributed by atoms with Gasteiger partial charge in [-0.2, -0.15) is 9.97 Å². The van der Waals surface area contributed by atoms with Crippen LogP contribution in [-0.2, 0) is 14.8 Å². The fourth-order valence-electron chi connectivity index (χ4n) is 1.67. The van der Waals surface area contributed by atoms with Crippen molar-refractivity contribution in [2.75, 3.05) is 24.3 Å². The highest BCUT2D eigenvalue weighted by Gasteiger charge is 2.18. The molecular formula is C13H15N5O5S. The summed E-state index contributed by atoms with van der Waals surface area (Å²) in [6.45, 7) is 1.35. The van der Waals surface area contributed by atoms with Crippen molar-refractivity contribution in [3.05, 3.63) is 24.3 Å². The molecular weight excluding hydrogens is 338 g/mol. The van der Waals surface area contributed by atoms with Gasteiger partial charge < -0.3 is 14.8 Å². The van der Waals surface area contributed by atoms with Gasteiger partial charge in [0.1, 0.15) is 0 Å². The van der Waals surface area contributed by atoms with Crippen molar-refractivity contribution in [3.8, 4) is 12.0 Å². The second kappa shape index (κ2) is 7.08. The lowest BCUT2D eigenvalue weighted by Crippen LogP contribution is -2.16. The first-order chi connectivity index (χ1) is 11.3. The fourth-order valence-corrected chi connectivity index (χ4v) is 2.61. The third kappa shape index (κ3) is 4.29. The molecule has 1 aromatic carbocycles. The Morgan fingerprint density at radius 3 is 2.00 bits per heavy atom. The van der Waals surface area contributed by atoms with Crippen LogP contribution in [0.5, 0.6) is 12.0 Å². The molecule has 0 aliphatic rings. The molecule has 2 aromatic rings. The summed E-state index contributed by atoms with van der Waals surface area (Å²) >= 11 is 0. The van der Waals surface area contributed by atoms with Crippen LogP contribution in [0, 0.1) is 0 Å². The van der Waals surface area contributed by atoms with Crippen LogP contribution in [0.25, 0.3) is 0 Å². The molecule has 11 heteroatoms. The number of anilines is 2. The van der Waals surface area contributed by atoms with E-state index in [-0.39, 0.29) is 28.8 Å². The van der Waals surface area contributed by atoms with E-state index in [0.717, 1.165) is 0 Å². The van der Waals surface area contributed by atoms with Gasteiger partial charge in [-0.3, -0.25) is 4.79 Å². The molecule has 0 bridgehead atoms. The molecule has 0 saturated carbocycles. The summed E-state index contributed by atoms with van der Waals surface area (Å²) in [4.78, 5) is 22.3. The minimum absolute atomic E-state index is 0.0325. The predicted molar refractivity (Wildman–Crippen MR) is 84.5 cm³/mol. The Balaban J connectivity index is 2.26. The van der Waals surface area contributed by atoms with Crippen molar-refractivity contribution in [1.82, 2.24) is 15.0 Å². The summed E-state index contributed by atoms with van der Waals surface area (Å²) in [7, 11) is -1.28. The van der Waals surface area contributed by atoms with Crippen LogP contribution in [-0.4, -0.2) is 43.5 Å². The summed E-state index contributed by atoms with van der Waals surface area (Å²) in [6.07, 6.45) is 0. The van der Waals surface area contributed by atoms with Gasteiger partial charge in [0, 0.05) is 12.6 Å². The van der Waals surface area contributed by atoms with Gasteiger partial charge in [-0.25, -0.2) is 13.1 Å². The highest BCUT2D eigenvalue weighted by molar-refractivity contribution is 7.92. The molecule has 2 N–H and O–H groups in total. The van der Waals surface area contributed by atoms with E-state index in [1.807, 2.05) is 0 Å². The Labute approximate surface area is 138 Å². The summed E-state index contributed by atoms with van der Waals surface area (Å²) in [6, 6.07) is 5.41. The lowest BCUT2D eigenvalue weighted by atomic mass is 10.3. The molecule has 0 aliphatic heterocycles. The van der Waals surface area contributed by atoms with Gasteiger partial charge in [0.2, 0.25) is 11.9 Å². The van der Waals surface area contributed by atoms with Crippen LogP contribution in [0.1, 0.15) is 6.92 Å². The molecule has 2 rings (SSSR count). The zero-order chi connectivity index (χ0) is 17.7. The minimum atomic E-state index is -3.94. The second-order valence-electron chi connectivity index (χ2n) is 4.44. The molecule has 1 amide bonds. The van der Waals surface area contributed by atoms with Crippen molar-refractivity contribution < 1.29 is 22.7 Å². The van der Waals surface area contributed by atoms with Crippen molar-refractivity contribution >= 4 is 27.6 Å². The molecule has 0 unspecified atom stereocenters. The number of aromatic nitrogens is 3. The van der Waals surface area contributed by atoms with E-state index in [0.29, 0.717) is 5.69 Å². The number of nitrogens with zero attached hydrogens (tertiary/aromatic N) is 3. The third-order valence-electron chi connectivity index (χ3n) is 2.67. The molecule has 0 saturated heterocycles. The summed E-state index contributed by atoms with van der Waals surface area (Å²) in [5.74, 6) is -0.502. The molecule has 0 aliphatic carbocycles. The zero-order valence-electron chi connectivity index (χ0n) is 13.1. The van der Waals surface area contributed by atoms with E-state index >= 15 is 0 Å². The monoisotopic (exact) mass is 353 g/mol. The number of carbonyl (C=O) groups excluding carboxylic acids is 1. The maximum absolute atomic E-state index is 12.4. The first-order valence-electron chi connectivity index (χ1n) is 6.58. The van der Waals surface area contributed by atoms with Gasteiger partial charge in [0.15, 0.2) is 0 Å². The number of amides is 1. The van der Waals surface area contributed by atoms with Crippen LogP contribution in [0.3, 0.4) is 0 Å². The Morgan fingerprint density at radius 1 is 1.00 bits per heavy atom. The second-order valence-corrected chi connectivity index (χ2v) is 6.13. The van der Waals surface area contributed by atoms with Gasteiger partial charge in [-0.05, 0) is 24.3 Å². The first-order valence-corrected chi connectivity index (χ1v) is 8.07. The molecule has 0 spiro atoms. The third-order valence-corrected chi connectivity index (χ3v) is 4.01. The van der Waals surface area contributed by atoms with Gasteiger partial charge in [-0.15, -0.1) is 4.98 Å².